The van der Waals surface area contributed by atoms with Crippen molar-refractivity contribution >= 4 is 17.4 Å². The smallest absolute Gasteiger partial charge is 0.136 e. The zero-order valence-electron chi connectivity index (χ0n) is 10.5. The van der Waals surface area contributed by atoms with Gasteiger partial charge in [-0.1, -0.05) is 24.4 Å². The first-order valence-corrected chi connectivity index (χ1v) is 6.68. The third kappa shape index (κ3) is 2.71. The van der Waals surface area contributed by atoms with Crippen LogP contribution in [0.5, 0.6) is 0 Å². The van der Waals surface area contributed by atoms with Gasteiger partial charge in [0.2, 0.25) is 0 Å². The lowest BCUT2D eigenvalue weighted by Crippen LogP contribution is -2.11. The molecule has 0 N–H and O–H groups in total. The topological polar surface area (TPSA) is 34.9 Å². The van der Waals surface area contributed by atoms with Gasteiger partial charge in [-0.3, -0.25) is 9.48 Å². The van der Waals surface area contributed by atoms with Crippen LogP contribution >= 0.6 is 11.6 Å². The van der Waals surface area contributed by atoms with Crippen molar-refractivity contribution in [1.82, 2.24) is 9.78 Å². The Balaban J connectivity index is 1.95. The number of halogens is 1. The van der Waals surface area contributed by atoms with E-state index in [0.29, 0.717) is 23.3 Å². The van der Waals surface area contributed by atoms with Crippen molar-refractivity contribution in [3.63, 3.8) is 0 Å². The van der Waals surface area contributed by atoms with Crippen molar-refractivity contribution in [2.75, 3.05) is 0 Å². The average Bonchev–Trinajstić information content (AvgIpc) is 2.88. The molecule has 0 radical (unpaired) electrons. The molecule has 0 saturated heterocycles. The van der Waals surface area contributed by atoms with Crippen LogP contribution in [0.15, 0.2) is 0 Å². The lowest BCUT2D eigenvalue weighted by molar-refractivity contribution is -0.122. The maximum atomic E-state index is 12.0. The Morgan fingerprint density at radius 3 is 2.65 bits per heavy atom. The molecule has 1 saturated carbocycles. The quantitative estimate of drug-likeness (QED) is 0.828. The monoisotopic (exact) mass is 254 g/mol. The second-order valence-corrected chi connectivity index (χ2v) is 5.28. The van der Waals surface area contributed by atoms with Crippen LogP contribution in [0.2, 0.25) is 5.15 Å². The molecule has 0 aliphatic heterocycles. The van der Waals surface area contributed by atoms with Gasteiger partial charge in [0.05, 0.1) is 5.69 Å². The van der Waals surface area contributed by atoms with Crippen LogP contribution < -0.4 is 0 Å². The van der Waals surface area contributed by atoms with Gasteiger partial charge in [-0.25, -0.2) is 0 Å². The fraction of sp³-hybridized carbons (Fsp3) is 0.692. The van der Waals surface area contributed by atoms with Crippen LogP contribution in [0.4, 0.5) is 0 Å². The molecule has 4 heteroatoms. The molecule has 1 heterocycles. The minimum absolute atomic E-state index is 0.311. The zero-order chi connectivity index (χ0) is 12.4. The summed E-state index contributed by atoms with van der Waals surface area (Å²) in [5.41, 5.74) is 1.97. The number of carbonyl (C=O) groups is 1. The molecular formula is C13H19ClN2O. The molecule has 1 aromatic heterocycles. The van der Waals surface area contributed by atoms with E-state index in [1.54, 1.807) is 4.68 Å². The van der Waals surface area contributed by atoms with E-state index >= 15 is 0 Å². The van der Waals surface area contributed by atoms with Crippen molar-refractivity contribution in [2.24, 2.45) is 13.0 Å². The Morgan fingerprint density at radius 1 is 1.47 bits per heavy atom. The minimum atomic E-state index is 0.311. The summed E-state index contributed by atoms with van der Waals surface area (Å²) in [6.45, 7) is 1.95. The van der Waals surface area contributed by atoms with Gasteiger partial charge in [-0.2, -0.15) is 5.10 Å². The zero-order valence-corrected chi connectivity index (χ0v) is 11.3. The molecule has 0 atom stereocenters. The van der Waals surface area contributed by atoms with Crippen molar-refractivity contribution in [1.29, 1.82) is 0 Å². The number of aryl methyl sites for hydroxylation is 2. The summed E-state index contributed by atoms with van der Waals surface area (Å²) in [6, 6.07) is 0. The molecule has 0 spiro atoms. The van der Waals surface area contributed by atoms with Crippen LogP contribution in [-0.4, -0.2) is 15.6 Å². The highest BCUT2D eigenvalue weighted by Crippen LogP contribution is 2.28. The van der Waals surface area contributed by atoms with Crippen molar-refractivity contribution < 1.29 is 4.79 Å². The fourth-order valence-corrected chi connectivity index (χ4v) is 2.93. The molecule has 17 heavy (non-hydrogen) atoms. The number of hydrogen-bond acceptors (Lipinski definition) is 2. The third-order valence-electron chi connectivity index (χ3n) is 3.70. The Labute approximate surface area is 107 Å². The summed E-state index contributed by atoms with van der Waals surface area (Å²) < 4.78 is 1.67. The van der Waals surface area contributed by atoms with Gasteiger partial charge in [0.1, 0.15) is 10.9 Å². The van der Waals surface area contributed by atoms with Gasteiger partial charge in [-0.15, -0.1) is 0 Å². The van der Waals surface area contributed by atoms with E-state index in [4.69, 9.17) is 11.6 Å². The summed E-state index contributed by atoms with van der Waals surface area (Å²) in [4.78, 5) is 12.0. The maximum absolute atomic E-state index is 12.0. The van der Waals surface area contributed by atoms with Gasteiger partial charge in [0, 0.05) is 24.9 Å². The Kier molecular flexibility index (Phi) is 3.87. The van der Waals surface area contributed by atoms with Crippen LogP contribution in [0.1, 0.15) is 43.4 Å². The van der Waals surface area contributed by atoms with E-state index in [1.165, 1.54) is 12.8 Å². The summed E-state index contributed by atoms with van der Waals surface area (Å²) in [6.07, 6.45) is 5.92. The Hall–Kier alpha value is -0.830. The molecule has 1 fully saturated rings. The molecular weight excluding hydrogens is 236 g/mol. The predicted molar refractivity (Wildman–Crippen MR) is 68.2 cm³/mol. The van der Waals surface area contributed by atoms with Gasteiger partial charge in [0.25, 0.3) is 0 Å². The molecule has 1 aliphatic rings. The third-order valence-corrected chi connectivity index (χ3v) is 4.17. The molecule has 0 amide bonds. The largest absolute Gasteiger partial charge is 0.299 e. The number of nitrogens with zero attached hydrogens (tertiary/aromatic N) is 2. The van der Waals surface area contributed by atoms with E-state index in [0.717, 1.165) is 30.5 Å². The van der Waals surface area contributed by atoms with Gasteiger partial charge >= 0.3 is 0 Å². The van der Waals surface area contributed by atoms with E-state index in [1.807, 2.05) is 14.0 Å². The number of aromatic nitrogens is 2. The first kappa shape index (κ1) is 12.6. The van der Waals surface area contributed by atoms with Crippen LogP contribution in [0, 0.1) is 12.8 Å². The van der Waals surface area contributed by atoms with Crippen LogP contribution in [0.3, 0.4) is 0 Å². The van der Waals surface area contributed by atoms with E-state index in [-0.39, 0.29) is 0 Å². The summed E-state index contributed by atoms with van der Waals surface area (Å²) >= 11 is 6.15. The van der Waals surface area contributed by atoms with E-state index in [9.17, 15) is 4.79 Å². The second kappa shape index (κ2) is 5.21. The van der Waals surface area contributed by atoms with E-state index < -0.39 is 0 Å². The Morgan fingerprint density at radius 2 is 2.12 bits per heavy atom. The SMILES string of the molecule is Cc1nn(C)c(Cl)c1CCC(=O)C1CCCC1. The average molecular weight is 255 g/mol. The van der Waals surface area contributed by atoms with Gasteiger partial charge < -0.3 is 0 Å². The van der Waals surface area contributed by atoms with Gasteiger partial charge in [0.15, 0.2) is 0 Å². The first-order chi connectivity index (χ1) is 8.09. The summed E-state index contributed by atoms with van der Waals surface area (Å²) in [5.74, 6) is 0.715. The highest BCUT2D eigenvalue weighted by Gasteiger charge is 2.23. The summed E-state index contributed by atoms with van der Waals surface area (Å²) in [7, 11) is 1.83. The van der Waals surface area contributed by atoms with Crippen molar-refractivity contribution in [3.05, 3.63) is 16.4 Å². The standard InChI is InChI=1S/C13H19ClN2O/c1-9-11(13(14)16(2)15-9)7-8-12(17)10-5-3-4-6-10/h10H,3-8H2,1-2H3. The molecule has 0 aromatic carbocycles. The van der Waals surface area contributed by atoms with Crippen molar-refractivity contribution in [2.45, 2.75) is 45.4 Å². The van der Waals surface area contributed by atoms with E-state index in [2.05, 4.69) is 5.10 Å². The molecule has 2 rings (SSSR count). The number of rotatable bonds is 4. The first-order valence-electron chi connectivity index (χ1n) is 6.30. The molecule has 3 nitrogen and oxygen atoms in total. The maximum Gasteiger partial charge on any atom is 0.136 e. The lowest BCUT2D eigenvalue weighted by Gasteiger charge is -2.07. The predicted octanol–water partition coefficient (Wildman–Crippen LogP) is 3.07. The van der Waals surface area contributed by atoms with Crippen LogP contribution in [-0.2, 0) is 18.3 Å². The normalized spacial score (nSPS) is 16.6. The highest BCUT2D eigenvalue weighted by atomic mass is 35.5. The second-order valence-electron chi connectivity index (χ2n) is 4.93. The minimum Gasteiger partial charge on any atom is -0.299 e. The molecule has 1 aromatic rings. The molecule has 0 bridgehead atoms. The molecule has 0 unspecified atom stereocenters. The van der Waals surface area contributed by atoms with Gasteiger partial charge in [-0.05, 0) is 26.2 Å². The fourth-order valence-electron chi connectivity index (χ4n) is 2.66. The molecule has 94 valence electrons. The number of ketones is 1. The Bertz CT molecular complexity index is 419. The lowest BCUT2D eigenvalue weighted by atomic mass is 9.97. The number of hydrogen-bond donors (Lipinski definition) is 0. The summed E-state index contributed by atoms with van der Waals surface area (Å²) in [5, 5.41) is 4.93. The van der Waals surface area contributed by atoms with Crippen molar-refractivity contribution in [3.8, 4) is 0 Å². The number of Topliss-reactive ketones (excluding diaryl/α,β-unsaturated/α-hetero) is 1. The molecule has 1 aliphatic carbocycles. The van der Waals surface area contributed by atoms with Crippen LogP contribution in [0.25, 0.3) is 0 Å². The number of carbonyl (C=O) groups excluding carboxylic acids is 1. The highest BCUT2D eigenvalue weighted by molar-refractivity contribution is 6.30.